The highest BCUT2D eigenvalue weighted by Crippen LogP contribution is 2.32. The molecule has 16 heavy (non-hydrogen) atoms. The van der Waals surface area contributed by atoms with Gasteiger partial charge in [-0.3, -0.25) is 0 Å². The number of hydrogen-bond donors (Lipinski definition) is 2. The molecule has 0 radical (unpaired) electrons. The zero-order chi connectivity index (χ0) is 11.0. The number of rotatable bonds is 4. The third kappa shape index (κ3) is 1.83. The summed E-state index contributed by atoms with van der Waals surface area (Å²) in [6.07, 6.45) is 6.67. The minimum atomic E-state index is 0.640. The Bertz CT molecular complexity index is 485. The van der Waals surface area contributed by atoms with Crippen molar-refractivity contribution in [3.05, 3.63) is 30.1 Å². The van der Waals surface area contributed by atoms with Crippen LogP contribution in [0.25, 0.3) is 11.0 Å². The molecule has 1 saturated carbocycles. The second kappa shape index (κ2) is 3.91. The summed E-state index contributed by atoms with van der Waals surface area (Å²) in [7, 11) is 0. The topological polar surface area (TPSA) is 40.7 Å². The third-order valence-corrected chi connectivity index (χ3v) is 3.48. The van der Waals surface area contributed by atoms with Gasteiger partial charge < -0.3 is 10.3 Å². The molecule has 2 N–H and O–H groups in total. The van der Waals surface area contributed by atoms with Gasteiger partial charge in [-0.2, -0.15) is 0 Å². The largest absolute Gasteiger partial charge is 0.346 e. The van der Waals surface area contributed by atoms with E-state index < -0.39 is 0 Å². The molecule has 0 aliphatic heterocycles. The van der Waals surface area contributed by atoms with Crippen molar-refractivity contribution in [1.82, 2.24) is 15.3 Å². The molecule has 2 aromatic heterocycles. The minimum Gasteiger partial charge on any atom is -0.346 e. The first-order valence-corrected chi connectivity index (χ1v) is 5.99. The molecule has 1 aliphatic carbocycles. The Hall–Kier alpha value is -1.35. The van der Waals surface area contributed by atoms with Gasteiger partial charge in [0.25, 0.3) is 0 Å². The smallest absolute Gasteiger partial charge is 0.137 e. The van der Waals surface area contributed by atoms with Crippen LogP contribution < -0.4 is 5.32 Å². The lowest BCUT2D eigenvalue weighted by atomic mass is 10.2. The molecular weight excluding hydrogens is 198 g/mol. The van der Waals surface area contributed by atoms with Gasteiger partial charge in [-0.25, -0.2) is 4.98 Å². The van der Waals surface area contributed by atoms with Gasteiger partial charge in [-0.15, -0.1) is 0 Å². The van der Waals surface area contributed by atoms with Crippen LogP contribution in [0.5, 0.6) is 0 Å². The van der Waals surface area contributed by atoms with Crippen LogP contribution in [0.3, 0.4) is 0 Å². The molecular formula is C13H17N3. The van der Waals surface area contributed by atoms with Gasteiger partial charge in [-0.05, 0) is 43.4 Å². The Balaban J connectivity index is 1.73. The Morgan fingerprint density at radius 2 is 2.44 bits per heavy atom. The first-order valence-electron chi connectivity index (χ1n) is 5.99. The number of nitrogens with one attached hydrogen (secondary N) is 2. The van der Waals surface area contributed by atoms with Crippen molar-refractivity contribution in [3.8, 4) is 0 Å². The second-order valence-corrected chi connectivity index (χ2v) is 4.72. The van der Waals surface area contributed by atoms with Crippen molar-refractivity contribution in [1.29, 1.82) is 0 Å². The van der Waals surface area contributed by atoms with Crippen LogP contribution in [0.4, 0.5) is 0 Å². The van der Waals surface area contributed by atoms with Crippen LogP contribution in [0.1, 0.15) is 25.3 Å². The number of fused-ring (bicyclic) bond motifs is 1. The summed E-state index contributed by atoms with van der Waals surface area (Å²) >= 11 is 0. The highest BCUT2D eigenvalue weighted by Gasteiger charge is 2.27. The molecule has 1 unspecified atom stereocenters. The van der Waals surface area contributed by atoms with Gasteiger partial charge >= 0.3 is 0 Å². The van der Waals surface area contributed by atoms with E-state index in [2.05, 4.69) is 34.5 Å². The fraction of sp³-hybridized carbons (Fsp3) is 0.462. The summed E-state index contributed by atoms with van der Waals surface area (Å²) < 4.78 is 0. The zero-order valence-electron chi connectivity index (χ0n) is 9.53. The van der Waals surface area contributed by atoms with E-state index >= 15 is 0 Å². The molecule has 3 heteroatoms. The van der Waals surface area contributed by atoms with Crippen LogP contribution in [0.2, 0.25) is 0 Å². The van der Waals surface area contributed by atoms with Crippen LogP contribution >= 0.6 is 0 Å². The normalized spacial score (nSPS) is 17.8. The van der Waals surface area contributed by atoms with Crippen molar-refractivity contribution in [2.45, 2.75) is 32.4 Å². The van der Waals surface area contributed by atoms with Gasteiger partial charge in [0.05, 0.1) is 0 Å². The molecule has 3 nitrogen and oxygen atoms in total. The standard InChI is InChI=1S/C13H17N3/c1-9(10-4-5-10)15-7-11-8-16-13-12(11)3-2-6-14-13/h2-3,6,8-10,15H,4-5,7H2,1H3,(H,14,16). The third-order valence-electron chi connectivity index (χ3n) is 3.48. The molecule has 0 spiro atoms. The highest BCUT2D eigenvalue weighted by molar-refractivity contribution is 5.79. The van der Waals surface area contributed by atoms with E-state index in [9.17, 15) is 0 Å². The maximum atomic E-state index is 4.29. The van der Waals surface area contributed by atoms with Crippen LogP contribution in [0.15, 0.2) is 24.5 Å². The number of aromatic nitrogens is 2. The van der Waals surface area contributed by atoms with E-state index in [1.54, 1.807) is 0 Å². The predicted octanol–water partition coefficient (Wildman–Crippen LogP) is 2.45. The summed E-state index contributed by atoms with van der Waals surface area (Å²) in [5, 5.41) is 4.83. The molecule has 0 bridgehead atoms. The number of pyridine rings is 1. The fourth-order valence-electron chi connectivity index (χ4n) is 2.19. The van der Waals surface area contributed by atoms with E-state index in [-0.39, 0.29) is 0 Å². The van der Waals surface area contributed by atoms with Gasteiger partial charge in [0, 0.05) is 30.4 Å². The Labute approximate surface area is 95.3 Å². The molecule has 2 heterocycles. The molecule has 1 atom stereocenters. The quantitative estimate of drug-likeness (QED) is 0.822. The van der Waals surface area contributed by atoms with Crippen LogP contribution in [-0.2, 0) is 6.54 Å². The number of aromatic amines is 1. The first-order chi connectivity index (χ1) is 7.84. The molecule has 0 amide bonds. The van der Waals surface area contributed by atoms with E-state index in [0.717, 1.165) is 18.1 Å². The second-order valence-electron chi connectivity index (χ2n) is 4.72. The SMILES string of the molecule is CC(NCc1c[nH]c2ncccc12)C1CC1. The van der Waals surface area contributed by atoms with Crippen molar-refractivity contribution >= 4 is 11.0 Å². The summed E-state index contributed by atoms with van der Waals surface area (Å²) in [6.45, 7) is 3.22. The summed E-state index contributed by atoms with van der Waals surface area (Å²) in [5.74, 6) is 0.906. The lowest BCUT2D eigenvalue weighted by Crippen LogP contribution is -2.27. The maximum Gasteiger partial charge on any atom is 0.137 e. The molecule has 84 valence electrons. The summed E-state index contributed by atoms with van der Waals surface area (Å²) in [6, 6.07) is 4.75. The van der Waals surface area contributed by atoms with Gasteiger partial charge in [0.2, 0.25) is 0 Å². The molecule has 1 aliphatic rings. The number of nitrogens with zero attached hydrogens (tertiary/aromatic N) is 1. The van der Waals surface area contributed by atoms with Gasteiger partial charge in [0.15, 0.2) is 0 Å². The fourth-order valence-corrected chi connectivity index (χ4v) is 2.19. The Morgan fingerprint density at radius 1 is 1.56 bits per heavy atom. The molecule has 0 aromatic carbocycles. The number of H-pyrrole nitrogens is 1. The minimum absolute atomic E-state index is 0.640. The van der Waals surface area contributed by atoms with Crippen LogP contribution in [0, 0.1) is 5.92 Å². The molecule has 1 fully saturated rings. The van der Waals surface area contributed by atoms with Gasteiger partial charge in [0.1, 0.15) is 5.65 Å². The predicted molar refractivity (Wildman–Crippen MR) is 65.1 cm³/mol. The first kappa shape index (κ1) is 9.85. The Kier molecular flexibility index (Phi) is 2.40. The highest BCUT2D eigenvalue weighted by atomic mass is 14.9. The average Bonchev–Trinajstić information content (AvgIpc) is 3.08. The van der Waals surface area contributed by atoms with Crippen molar-refractivity contribution in [2.24, 2.45) is 5.92 Å². The molecule has 3 rings (SSSR count). The van der Waals surface area contributed by atoms with Crippen molar-refractivity contribution < 1.29 is 0 Å². The number of hydrogen-bond acceptors (Lipinski definition) is 2. The van der Waals surface area contributed by atoms with Crippen LogP contribution in [-0.4, -0.2) is 16.0 Å². The Morgan fingerprint density at radius 3 is 3.25 bits per heavy atom. The summed E-state index contributed by atoms with van der Waals surface area (Å²) in [4.78, 5) is 7.50. The maximum absolute atomic E-state index is 4.29. The lowest BCUT2D eigenvalue weighted by Gasteiger charge is -2.11. The van der Waals surface area contributed by atoms with Gasteiger partial charge in [-0.1, -0.05) is 0 Å². The van der Waals surface area contributed by atoms with E-state index in [1.165, 1.54) is 23.8 Å². The van der Waals surface area contributed by atoms with E-state index in [0.29, 0.717) is 6.04 Å². The molecule has 0 saturated heterocycles. The summed E-state index contributed by atoms with van der Waals surface area (Å²) in [5.41, 5.74) is 2.30. The van der Waals surface area contributed by atoms with Crippen molar-refractivity contribution in [2.75, 3.05) is 0 Å². The zero-order valence-corrected chi connectivity index (χ0v) is 9.53. The van der Waals surface area contributed by atoms with E-state index in [4.69, 9.17) is 0 Å². The molecule has 2 aromatic rings. The lowest BCUT2D eigenvalue weighted by molar-refractivity contribution is 0.497. The van der Waals surface area contributed by atoms with Crippen molar-refractivity contribution in [3.63, 3.8) is 0 Å². The average molecular weight is 215 g/mol. The van der Waals surface area contributed by atoms with E-state index in [1.807, 2.05) is 12.3 Å². The monoisotopic (exact) mass is 215 g/mol.